The van der Waals surface area contributed by atoms with Gasteiger partial charge in [0.1, 0.15) is 6.04 Å². The van der Waals surface area contributed by atoms with Gasteiger partial charge in [-0.2, -0.15) is 0 Å². The molecule has 1 aromatic carbocycles. The number of nitrogens with one attached hydrogen (secondary N) is 1. The van der Waals surface area contributed by atoms with Crippen LogP contribution < -0.4 is 5.32 Å². The molecule has 0 spiro atoms. The first kappa shape index (κ1) is 15.0. The molecule has 6 heteroatoms. The Morgan fingerprint density at radius 2 is 1.94 bits per heavy atom. The van der Waals surface area contributed by atoms with Crippen molar-refractivity contribution >= 4 is 39.4 Å². The number of amides is 1. The van der Waals surface area contributed by atoms with Crippen LogP contribution in [0.5, 0.6) is 0 Å². The molecule has 0 saturated heterocycles. The highest BCUT2D eigenvalue weighted by molar-refractivity contribution is 9.10. The van der Waals surface area contributed by atoms with Crippen LogP contribution in [0.2, 0.25) is 5.02 Å². The largest absolute Gasteiger partial charge is 0.480 e. The molecule has 1 aromatic rings. The van der Waals surface area contributed by atoms with Crippen LogP contribution in [0.15, 0.2) is 22.7 Å². The van der Waals surface area contributed by atoms with Crippen LogP contribution in [0, 0.1) is 5.92 Å². The number of hydrogen-bond acceptors (Lipinski definition) is 2. The lowest BCUT2D eigenvalue weighted by Gasteiger charge is -2.18. The van der Waals surface area contributed by atoms with E-state index in [9.17, 15) is 9.59 Å². The van der Waals surface area contributed by atoms with E-state index < -0.39 is 17.9 Å². The van der Waals surface area contributed by atoms with Crippen LogP contribution in [0.4, 0.5) is 0 Å². The second-order valence-electron chi connectivity index (χ2n) is 4.19. The van der Waals surface area contributed by atoms with Crippen LogP contribution in [0.3, 0.4) is 0 Å². The first-order valence-corrected chi connectivity index (χ1v) is 6.48. The summed E-state index contributed by atoms with van der Waals surface area (Å²) in [4.78, 5) is 22.9. The van der Waals surface area contributed by atoms with Gasteiger partial charge in [-0.1, -0.05) is 41.4 Å². The van der Waals surface area contributed by atoms with Gasteiger partial charge in [0.2, 0.25) is 0 Å². The van der Waals surface area contributed by atoms with Gasteiger partial charge in [-0.05, 0) is 24.1 Å². The maximum Gasteiger partial charge on any atom is 0.326 e. The van der Waals surface area contributed by atoms with E-state index in [0.717, 1.165) is 0 Å². The van der Waals surface area contributed by atoms with Crippen LogP contribution >= 0.6 is 27.5 Å². The Bertz CT molecular complexity index is 456. The van der Waals surface area contributed by atoms with E-state index in [2.05, 4.69) is 21.2 Å². The zero-order chi connectivity index (χ0) is 13.9. The number of carboxylic acids is 1. The first-order chi connectivity index (χ1) is 8.31. The number of hydrogen-bond donors (Lipinski definition) is 2. The van der Waals surface area contributed by atoms with E-state index in [1.165, 1.54) is 6.07 Å². The Hall–Kier alpha value is -1.07. The van der Waals surface area contributed by atoms with E-state index in [4.69, 9.17) is 16.7 Å². The van der Waals surface area contributed by atoms with Crippen LogP contribution in [-0.4, -0.2) is 23.0 Å². The van der Waals surface area contributed by atoms with Crippen LogP contribution in [-0.2, 0) is 4.79 Å². The minimum absolute atomic E-state index is 0.200. The maximum atomic E-state index is 11.9. The van der Waals surface area contributed by atoms with Gasteiger partial charge < -0.3 is 10.4 Å². The molecule has 4 nitrogen and oxygen atoms in total. The fourth-order valence-corrected chi connectivity index (χ4v) is 2.28. The average Bonchev–Trinajstić information content (AvgIpc) is 2.23. The third-order valence-electron chi connectivity index (χ3n) is 2.34. The molecule has 18 heavy (non-hydrogen) atoms. The molecule has 1 amide bonds. The molecule has 1 rings (SSSR count). The van der Waals surface area contributed by atoms with Gasteiger partial charge in [-0.3, -0.25) is 4.79 Å². The van der Waals surface area contributed by atoms with E-state index in [1.807, 2.05) is 0 Å². The van der Waals surface area contributed by atoms with Crippen molar-refractivity contribution in [3.63, 3.8) is 0 Å². The number of aliphatic carboxylic acids is 1. The monoisotopic (exact) mass is 333 g/mol. The van der Waals surface area contributed by atoms with Crippen molar-refractivity contribution in [2.24, 2.45) is 5.92 Å². The lowest BCUT2D eigenvalue weighted by Crippen LogP contribution is -2.44. The fraction of sp³-hybridized carbons (Fsp3) is 0.333. The molecule has 1 atom stereocenters. The van der Waals surface area contributed by atoms with Crippen molar-refractivity contribution in [1.82, 2.24) is 5.32 Å². The number of carbonyl (C=O) groups excluding carboxylic acids is 1. The predicted octanol–water partition coefficient (Wildman–Crippen LogP) is 2.94. The van der Waals surface area contributed by atoms with E-state index in [0.29, 0.717) is 15.1 Å². The van der Waals surface area contributed by atoms with Crippen LogP contribution in [0.1, 0.15) is 24.2 Å². The van der Waals surface area contributed by atoms with Crippen LogP contribution in [0.25, 0.3) is 0 Å². The molecule has 0 aliphatic heterocycles. The Morgan fingerprint density at radius 3 is 2.39 bits per heavy atom. The molecule has 2 N–H and O–H groups in total. The Kier molecular flexibility index (Phi) is 5.16. The summed E-state index contributed by atoms with van der Waals surface area (Å²) in [5, 5.41) is 11.9. The summed E-state index contributed by atoms with van der Waals surface area (Å²) < 4.78 is 0.663. The lowest BCUT2D eigenvalue weighted by molar-refractivity contribution is -0.140. The third-order valence-corrected chi connectivity index (χ3v) is 3.02. The van der Waals surface area contributed by atoms with Crippen molar-refractivity contribution in [2.75, 3.05) is 0 Å². The minimum atomic E-state index is -1.06. The SMILES string of the molecule is CC(C)C(NC(=O)c1cc(Cl)cc(Br)c1)C(=O)O. The number of carboxylic acid groups (broad SMARTS) is 1. The molecule has 0 fully saturated rings. The maximum absolute atomic E-state index is 11.9. The lowest BCUT2D eigenvalue weighted by atomic mass is 10.0. The molecule has 0 radical (unpaired) electrons. The molecule has 0 aromatic heterocycles. The van der Waals surface area contributed by atoms with Gasteiger partial charge >= 0.3 is 5.97 Å². The second kappa shape index (κ2) is 6.20. The Labute approximate surface area is 118 Å². The van der Waals surface area contributed by atoms with Gasteiger partial charge in [-0.15, -0.1) is 0 Å². The summed E-state index contributed by atoms with van der Waals surface area (Å²) in [5.41, 5.74) is 0.321. The predicted molar refractivity (Wildman–Crippen MR) is 72.9 cm³/mol. The van der Waals surface area contributed by atoms with Gasteiger partial charge in [-0.25, -0.2) is 4.79 Å². The third kappa shape index (κ3) is 3.99. The molecule has 0 bridgehead atoms. The highest BCUT2D eigenvalue weighted by Gasteiger charge is 2.24. The molecule has 1 unspecified atom stereocenters. The topological polar surface area (TPSA) is 66.4 Å². The molecule has 0 aliphatic carbocycles. The number of benzene rings is 1. The zero-order valence-corrected chi connectivity index (χ0v) is 12.2. The van der Waals surface area contributed by atoms with Crippen molar-refractivity contribution in [3.8, 4) is 0 Å². The summed E-state index contributed by atoms with van der Waals surface area (Å²) in [5.74, 6) is -1.71. The zero-order valence-electron chi connectivity index (χ0n) is 9.91. The number of rotatable bonds is 4. The summed E-state index contributed by atoms with van der Waals surface area (Å²) in [6.45, 7) is 3.46. The summed E-state index contributed by atoms with van der Waals surface area (Å²) in [7, 11) is 0. The minimum Gasteiger partial charge on any atom is -0.480 e. The molecule has 0 aliphatic rings. The van der Waals surface area contributed by atoms with Gasteiger partial charge in [0, 0.05) is 15.1 Å². The van der Waals surface area contributed by atoms with Gasteiger partial charge in [0.15, 0.2) is 0 Å². The smallest absolute Gasteiger partial charge is 0.326 e. The average molecular weight is 335 g/mol. The quantitative estimate of drug-likeness (QED) is 0.889. The second-order valence-corrected chi connectivity index (χ2v) is 5.54. The standard InChI is InChI=1S/C12H13BrClNO3/c1-6(2)10(12(17)18)15-11(16)7-3-8(13)5-9(14)4-7/h3-6,10H,1-2H3,(H,15,16)(H,17,18). The van der Waals surface area contributed by atoms with E-state index in [1.54, 1.807) is 26.0 Å². The van der Waals surface area contributed by atoms with Gasteiger partial charge in [0.25, 0.3) is 5.91 Å². The highest BCUT2D eigenvalue weighted by Crippen LogP contribution is 2.19. The number of halogens is 2. The van der Waals surface area contributed by atoms with Gasteiger partial charge in [0.05, 0.1) is 0 Å². The normalized spacial score (nSPS) is 12.3. The Morgan fingerprint density at radius 1 is 1.33 bits per heavy atom. The first-order valence-electron chi connectivity index (χ1n) is 5.31. The van der Waals surface area contributed by atoms with Crippen molar-refractivity contribution in [3.05, 3.63) is 33.3 Å². The Balaban J connectivity index is 2.90. The summed E-state index contributed by atoms with van der Waals surface area (Å²) >= 11 is 9.05. The molecular formula is C12H13BrClNO3. The fourth-order valence-electron chi connectivity index (χ4n) is 1.42. The van der Waals surface area contributed by atoms with E-state index >= 15 is 0 Å². The van der Waals surface area contributed by atoms with E-state index in [-0.39, 0.29) is 5.92 Å². The molecule has 0 saturated carbocycles. The molecule has 0 heterocycles. The highest BCUT2D eigenvalue weighted by atomic mass is 79.9. The van der Waals surface area contributed by atoms with Crippen molar-refractivity contribution < 1.29 is 14.7 Å². The number of carbonyl (C=O) groups is 2. The van der Waals surface area contributed by atoms with Crippen molar-refractivity contribution in [1.29, 1.82) is 0 Å². The molecule has 98 valence electrons. The van der Waals surface area contributed by atoms with Crippen molar-refractivity contribution in [2.45, 2.75) is 19.9 Å². The summed E-state index contributed by atoms with van der Waals surface area (Å²) in [6, 6.07) is 3.80. The summed E-state index contributed by atoms with van der Waals surface area (Å²) in [6.07, 6.45) is 0. The molecular weight excluding hydrogens is 321 g/mol.